The number of piperidine rings is 1. The Morgan fingerprint density at radius 2 is 1.67 bits per heavy atom. The Morgan fingerprint density at radius 1 is 1.06 bits per heavy atom. The fraction of sp³-hybridized carbons (Fsp3) is 0.364. The predicted molar refractivity (Wildman–Crippen MR) is 113 cm³/mol. The summed E-state index contributed by atoms with van der Waals surface area (Å²) in [4.78, 5) is 24.0. The quantitative estimate of drug-likeness (QED) is 0.608. The maximum Gasteiger partial charge on any atom is 0.573 e. The first-order chi connectivity index (χ1) is 15.5. The van der Waals surface area contributed by atoms with Crippen LogP contribution in [0.1, 0.15) is 35.7 Å². The number of carbonyl (C=O) groups is 2. The number of amides is 1. The van der Waals surface area contributed by atoms with Crippen LogP contribution in [0.25, 0.3) is 0 Å². The molecule has 1 saturated heterocycles. The molecule has 178 valence electrons. The molecule has 11 heteroatoms. The molecular weight excluding hydrogens is 461 g/mol. The standard InChI is InChI=1S/C22H23F3N2O5S/c1-15(28)16-6-8-19(9-7-16)33(30,31)27-12-10-17(11-13-27)21(29)26-14-18-4-2-3-5-20(18)32-22(23,24)25/h2-9,17H,10-14H2,1H3,(H,26,29). The van der Waals surface area contributed by atoms with E-state index in [-0.39, 0.29) is 60.4 Å². The summed E-state index contributed by atoms with van der Waals surface area (Å²) in [5, 5.41) is 2.61. The van der Waals surface area contributed by atoms with Gasteiger partial charge in [-0.1, -0.05) is 30.3 Å². The van der Waals surface area contributed by atoms with Crippen molar-refractivity contribution in [2.24, 2.45) is 5.92 Å². The summed E-state index contributed by atoms with van der Waals surface area (Å²) >= 11 is 0. The molecule has 0 bridgehead atoms. The molecule has 7 nitrogen and oxygen atoms in total. The van der Waals surface area contributed by atoms with E-state index in [1.165, 1.54) is 59.8 Å². The van der Waals surface area contributed by atoms with Crippen LogP contribution >= 0.6 is 0 Å². The Hall–Kier alpha value is -2.92. The molecule has 3 rings (SSSR count). The second kappa shape index (κ2) is 9.92. The van der Waals surface area contributed by atoms with E-state index in [1.807, 2.05) is 0 Å². The maximum atomic E-state index is 12.8. The van der Waals surface area contributed by atoms with E-state index in [0.29, 0.717) is 5.56 Å². The minimum Gasteiger partial charge on any atom is -0.405 e. The number of hydrogen-bond donors (Lipinski definition) is 1. The van der Waals surface area contributed by atoms with Gasteiger partial charge in [-0.2, -0.15) is 4.31 Å². The lowest BCUT2D eigenvalue weighted by Crippen LogP contribution is -2.42. The Balaban J connectivity index is 1.57. The van der Waals surface area contributed by atoms with E-state index in [1.54, 1.807) is 0 Å². The van der Waals surface area contributed by atoms with Gasteiger partial charge in [-0.05, 0) is 38.0 Å². The number of ketones is 1. The van der Waals surface area contributed by atoms with E-state index in [4.69, 9.17) is 0 Å². The van der Waals surface area contributed by atoms with Crippen molar-refractivity contribution >= 4 is 21.7 Å². The van der Waals surface area contributed by atoms with Crippen molar-refractivity contribution in [1.82, 2.24) is 9.62 Å². The monoisotopic (exact) mass is 484 g/mol. The number of nitrogens with one attached hydrogen (secondary N) is 1. The molecule has 1 aliphatic rings. The first-order valence-corrected chi connectivity index (χ1v) is 11.6. The largest absolute Gasteiger partial charge is 0.573 e. The fourth-order valence-corrected chi connectivity index (χ4v) is 5.04. The SMILES string of the molecule is CC(=O)c1ccc(S(=O)(=O)N2CCC(C(=O)NCc3ccccc3OC(F)(F)F)CC2)cc1. The predicted octanol–water partition coefficient (Wildman–Crippen LogP) is 3.50. The highest BCUT2D eigenvalue weighted by molar-refractivity contribution is 7.89. The van der Waals surface area contributed by atoms with E-state index in [0.717, 1.165) is 0 Å². The van der Waals surface area contributed by atoms with Gasteiger partial charge < -0.3 is 10.1 Å². The van der Waals surface area contributed by atoms with Crippen LogP contribution in [0.3, 0.4) is 0 Å². The molecule has 2 aromatic carbocycles. The van der Waals surface area contributed by atoms with Crippen molar-refractivity contribution < 1.29 is 35.9 Å². The minimum atomic E-state index is -4.84. The third kappa shape index (κ3) is 6.32. The smallest absolute Gasteiger partial charge is 0.405 e. The van der Waals surface area contributed by atoms with Gasteiger partial charge in [-0.3, -0.25) is 9.59 Å². The van der Waals surface area contributed by atoms with E-state index < -0.39 is 22.3 Å². The van der Waals surface area contributed by atoms with Crippen LogP contribution in [0.4, 0.5) is 13.2 Å². The van der Waals surface area contributed by atoms with Crippen LogP contribution in [-0.4, -0.2) is 43.9 Å². The van der Waals surface area contributed by atoms with E-state index >= 15 is 0 Å². The van der Waals surface area contributed by atoms with Crippen molar-refractivity contribution in [3.8, 4) is 5.75 Å². The average molecular weight is 484 g/mol. The molecule has 1 amide bonds. The summed E-state index contributed by atoms with van der Waals surface area (Å²) in [7, 11) is -3.76. The van der Waals surface area contributed by atoms with Gasteiger partial charge in [0.15, 0.2) is 5.78 Å². The van der Waals surface area contributed by atoms with Crippen LogP contribution in [0.5, 0.6) is 5.75 Å². The van der Waals surface area contributed by atoms with Crippen LogP contribution in [0, 0.1) is 5.92 Å². The van der Waals surface area contributed by atoms with Crippen LogP contribution < -0.4 is 10.1 Å². The fourth-order valence-electron chi connectivity index (χ4n) is 3.57. The number of alkyl halides is 3. The number of sulfonamides is 1. The van der Waals surface area contributed by atoms with Gasteiger partial charge in [0.2, 0.25) is 15.9 Å². The number of nitrogens with zero attached hydrogens (tertiary/aromatic N) is 1. The molecule has 0 atom stereocenters. The number of carbonyl (C=O) groups excluding carboxylic acids is 2. The maximum absolute atomic E-state index is 12.8. The van der Waals surface area contributed by atoms with Gasteiger partial charge in [-0.15, -0.1) is 13.2 Å². The van der Waals surface area contributed by atoms with Crippen LogP contribution in [0.15, 0.2) is 53.4 Å². The Kier molecular flexibility index (Phi) is 7.43. The lowest BCUT2D eigenvalue weighted by molar-refractivity contribution is -0.274. The summed E-state index contributed by atoms with van der Waals surface area (Å²) in [6.07, 6.45) is -4.29. The summed E-state index contributed by atoms with van der Waals surface area (Å²) < 4.78 is 68.6. The van der Waals surface area contributed by atoms with Crippen molar-refractivity contribution in [2.45, 2.75) is 37.6 Å². The van der Waals surface area contributed by atoms with Crippen molar-refractivity contribution in [2.75, 3.05) is 13.1 Å². The first-order valence-electron chi connectivity index (χ1n) is 10.2. The number of halogens is 3. The molecule has 0 aromatic heterocycles. The molecule has 1 heterocycles. The second-order valence-electron chi connectivity index (χ2n) is 7.63. The normalized spacial score (nSPS) is 15.8. The van der Waals surface area contributed by atoms with E-state index in [2.05, 4.69) is 10.1 Å². The van der Waals surface area contributed by atoms with Crippen molar-refractivity contribution in [1.29, 1.82) is 0 Å². The highest BCUT2D eigenvalue weighted by Gasteiger charge is 2.33. The third-order valence-electron chi connectivity index (χ3n) is 5.37. The summed E-state index contributed by atoms with van der Waals surface area (Å²) in [6, 6.07) is 11.2. The minimum absolute atomic E-state index is 0.0664. The molecule has 0 aliphatic carbocycles. The molecule has 0 radical (unpaired) electrons. The number of para-hydroxylation sites is 1. The van der Waals surface area contributed by atoms with Crippen molar-refractivity contribution in [3.63, 3.8) is 0 Å². The zero-order valence-electron chi connectivity index (χ0n) is 17.8. The third-order valence-corrected chi connectivity index (χ3v) is 7.29. The second-order valence-corrected chi connectivity index (χ2v) is 9.57. The molecule has 1 aliphatic heterocycles. The lowest BCUT2D eigenvalue weighted by Gasteiger charge is -2.30. The zero-order valence-corrected chi connectivity index (χ0v) is 18.6. The van der Waals surface area contributed by atoms with Gasteiger partial charge in [0.05, 0.1) is 4.90 Å². The molecule has 0 saturated carbocycles. The van der Waals surface area contributed by atoms with Crippen LogP contribution in [0.2, 0.25) is 0 Å². The molecule has 2 aromatic rings. The van der Waals surface area contributed by atoms with Crippen molar-refractivity contribution in [3.05, 3.63) is 59.7 Å². The van der Waals surface area contributed by atoms with Gasteiger partial charge in [0, 0.05) is 36.7 Å². The van der Waals surface area contributed by atoms with Gasteiger partial charge in [0.25, 0.3) is 0 Å². The highest BCUT2D eigenvalue weighted by atomic mass is 32.2. The Bertz CT molecular complexity index is 1110. The topological polar surface area (TPSA) is 92.8 Å². The molecular formula is C22H23F3N2O5S. The van der Waals surface area contributed by atoms with Gasteiger partial charge in [-0.25, -0.2) is 8.42 Å². The Morgan fingerprint density at radius 3 is 2.24 bits per heavy atom. The number of Topliss-reactive ketones (excluding diaryl/α,β-unsaturated/α-hetero) is 1. The summed E-state index contributed by atoms with van der Waals surface area (Å²) in [5.41, 5.74) is 0.587. The Labute approximate surface area is 189 Å². The molecule has 0 spiro atoms. The molecule has 33 heavy (non-hydrogen) atoms. The van der Waals surface area contributed by atoms with Gasteiger partial charge in [0.1, 0.15) is 5.75 Å². The highest BCUT2D eigenvalue weighted by Crippen LogP contribution is 2.27. The molecule has 1 N–H and O–H groups in total. The zero-order chi connectivity index (χ0) is 24.2. The first kappa shape index (κ1) is 24.7. The molecule has 1 fully saturated rings. The number of benzene rings is 2. The van der Waals surface area contributed by atoms with E-state index in [9.17, 15) is 31.2 Å². The number of ether oxygens (including phenoxy) is 1. The summed E-state index contributed by atoms with van der Waals surface area (Å²) in [6.45, 7) is 1.50. The van der Waals surface area contributed by atoms with Crippen LogP contribution in [-0.2, 0) is 21.4 Å². The summed E-state index contributed by atoms with van der Waals surface area (Å²) in [5.74, 6) is -1.38. The lowest BCUT2D eigenvalue weighted by atomic mass is 9.97. The molecule has 0 unspecified atom stereocenters. The number of hydrogen-bond acceptors (Lipinski definition) is 5. The number of rotatable bonds is 7. The van der Waals surface area contributed by atoms with Gasteiger partial charge >= 0.3 is 6.36 Å². The average Bonchev–Trinajstić information content (AvgIpc) is 2.77.